The van der Waals surface area contributed by atoms with E-state index in [1.807, 2.05) is 0 Å². The standard InChI is InChI=1S/4C4H8O2.Pb/c4*1-2-3-4(5)6;/h4*2-3H2,1H3,(H,5,6);/q;;;;+4/p-4. The van der Waals surface area contributed by atoms with Gasteiger partial charge < -0.3 is 39.6 Å². The van der Waals surface area contributed by atoms with Crippen LogP contribution in [0.1, 0.15) is 79.1 Å². The Morgan fingerprint density at radius 2 is 0.600 bits per heavy atom. The van der Waals surface area contributed by atoms with Gasteiger partial charge in [-0.1, -0.05) is 53.4 Å². The zero-order valence-electron chi connectivity index (χ0n) is 15.4. The first-order valence-electron chi connectivity index (χ1n) is 7.88. The molecule has 0 atom stereocenters. The molecule has 0 radical (unpaired) electrons. The second-order valence-corrected chi connectivity index (χ2v) is 4.49. The number of carboxylic acids is 4. The third kappa shape index (κ3) is 84.6. The first kappa shape index (κ1) is 35.0. The van der Waals surface area contributed by atoms with Crippen molar-refractivity contribution in [2.24, 2.45) is 0 Å². The average Bonchev–Trinajstić information content (AvgIpc) is 2.39. The van der Waals surface area contributed by atoms with Crippen LogP contribution in [0, 0.1) is 0 Å². The van der Waals surface area contributed by atoms with E-state index in [1.165, 1.54) is 0 Å². The van der Waals surface area contributed by atoms with Crippen LogP contribution in [0.15, 0.2) is 0 Å². The molecule has 0 saturated carbocycles. The Hall–Kier alpha value is -1.20. The molecule has 25 heavy (non-hydrogen) atoms. The number of rotatable bonds is 8. The van der Waals surface area contributed by atoms with Crippen LogP contribution in [0.2, 0.25) is 0 Å². The van der Waals surface area contributed by atoms with Crippen LogP contribution in [0.25, 0.3) is 0 Å². The van der Waals surface area contributed by atoms with Gasteiger partial charge in [0.15, 0.2) is 0 Å². The van der Waals surface area contributed by atoms with Gasteiger partial charge in [-0.3, -0.25) is 0 Å². The summed E-state index contributed by atoms with van der Waals surface area (Å²) in [5.74, 6) is -3.84. The fraction of sp³-hybridized carbons (Fsp3) is 0.750. The number of aliphatic carboxylic acids is 4. The molecule has 0 N–H and O–H groups in total. The summed E-state index contributed by atoms with van der Waals surface area (Å²) in [5, 5.41) is 38.0. The Labute approximate surface area is 169 Å². The van der Waals surface area contributed by atoms with Crippen molar-refractivity contribution in [2.45, 2.75) is 79.1 Å². The molecule has 0 amide bonds. The molecule has 0 aliphatic carbocycles. The molecule has 0 aromatic carbocycles. The molecule has 0 fully saturated rings. The Morgan fingerprint density at radius 1 is 0.480 bits per heavy atom. The predicted octanol–water partition coefficient (Wildman–Crippen LogP) is -2.24. The third-order valence-corrected chi connectivity index (χ3v) is 1.82. The van der Waals surface area contributed by atoms with Crippen molar-refractivity contribution in [1.82, 2.24) is 0 Å². The van der Waals surface area contributed by atoms with Crippen molar-refractivity contribution in [1.29, 1.82) is 0 Å². The van der Waals surface area contributed by atoms with E-state index < -0.39 is 23.9 Å². The van der Waals surface area contributed by atoms with Gasteiger partial charge >= 0.3 is 27.3 Å². The van der Waals surface area contributed by atoms with Crippen molar-refractivity contribution in [2.75, 3.05) is 0 Å². The summed E-state index contributed by atoms with van der Waals surface area (Å²) in [5.41, 5.74) is 0. The number of hydrogen-bond acceptors (Lipinski definition) is 8. The second-order valence-electron chi connectivity index (χ2n) is 4.49. The fourth-order valence-corrected chi connectivity index (χ4v) is 0.816. The van der Waals surface area contributed by atoms with E-state index in [-0.39, 0.29) is 53.0 Å². The fourth-order valence-electron chi connectivity index (χ4n) is 0.816. The normalized spacial score (nSPS) is 7.84. The Morgan fingerprint density at radius 3 is 0.600 bits per heavy atom. The van der Waals surface area contributed by atoms with E-state index in [4.69, 9.17) is 0 Å². The molecule has 0 aliphatic rings. The molecule has 0 aliphatic heterocycles. The first-order valence-corrected chi connectivity index (χ1v) is 7.88. The molecule has 0 aromatic heterocycles. The van der Waals surface area contributed by atoms with Gasteiger partial charge in [-0.05, 0) is 25.7 Å². The van der Waals surface area contributed by atoms with Crippen molar-refractivity contribution in [3.05, 3.63) is 0 Å². The summed E-state index contributed by atoms with van der Waals surface area (Å²) in [6, 6.07) is 0. The minimum atomic E-state index is -0.961. The SMILES string of the molecule is CCCC(=O)[O-].CCCC(=O)[O-].CCCC(=O)[O-].CCCC(=O)[O-].[Pb+4]. The van der Waals surface area contributed by atoms with Gasteiger partial charge in [0.2, 0.25) is 0 Å². The van der Waals surface area contributed by atoms with Gasteiger partial charge in [0.1, 0.15) is 0 Å². The maximum atomic E-state index is 9.49. The number of carboxylic acid groups (broad SMARTS) is 4. The summed E-state index contributed by atoms with van der Waals surface area (Å²) in [6.07, 6.45) is 3.40. The topological polar surface area (TPSA) is 161 Å². The summed E-state index contributed by atoms with van der Waals surface area (Å²) >= 11 is 0. The maximum Gasteiger partial charge on any atom is 4.00 e. The Kier molecular flexibility index (Phi) is 42.9. The van der Waals surface area contributed by atoms with Crippen molar-refractivity contribution in [3.8, 4) is 0 Å². The van der Waals surface area contributed by atoms with Gasteiger partial charge in [0, 0.05) is 23.9 Å². The molecule has 0 heterocycles. The van der Waals surface area contributed by atoms with Crippen LogP contribution in [-0.4, -0.2) is 51.2 Å². The molecule has 0 spiro atoms. The average molecular weight is 556 g/mol. The molecule has 0 rings (SSSR count). The van der Waals surface area contributed by atoms with Crippen LogP contribution in [0.4, 0.5) is 0 Å². The van der Waals surface area contributed by atoms with Gasteiger partial charge in [0.05, 0.1) is 0 Å². The molecule has 0 aromatic rings. The van der Waals surface area contributed by atoms with Crippen LogP contribution in [0.3, 0.4) is 0 Å². The zero-order valence-corrected chi connectivity index (χ0v) is 19.3. The summed E-state index contributed by atoms with van der Waals surface area (Å²) in [4.78, 5) is 38.0. The van der Waals surface area contributed by atoms with Gasteiger partial charge in [-0.25, -0.2) is 0 Å². The predicted molar refractivity (Wildman–Crippen MR) is 85.4 cm³/mol. The molecule has 0 saturated heterocycles. The molecule has 9 heteroatoms. The van der Waals surface area contributed by atoms with Gasteiger partial charge in [-0.15, -0.1) is 0 Å². The number of hydrogen-bond donors (Lipinski definition) is 0. The van der Waals surface area contributed by atoms with E-state index in [0.717, 1.165) is 0 Å². The van der Waals surface area contributed by atoms with E-state index in [9.17, 15) is 39.6 Å². The summed E-state index contributed by atoms with van der Waals surface area (Å²) in [7, 11) is 0. The van der Waals surface area contributed by atoms with E-state index >= 15 is 0 Å². The van der Waals surface area contributed by atoms with Crippen molar-refractivity contribution in [3.63, 3.8) is 0 Å². The monoisotopic (exact) mass is 556 g/mol. The van der Waals surface area contributed by atoms with E-state index in [2.05, 4.69) is 0 Å². The number of carbonyl (C=O) groups excluding carboxylic acids is 4. The largest absolute Gasteiger partial charge is 4.00 e. The Bertz CT molecular complexity index is 268. The summed E-state index contributed by atoms with van der Waals surface area (Å²) in [6.45, 7) is 7.21. The smallest absolute Gasteiger partial charge is 0.550 e. The molecular weight excluding hydrogens is 527 g/mol. The van der Waals surface area contributed by atoms with Crippen LogP contribution < -0.4 is 20.4 Å². The van der Waals surface area contributed by atoms with E-state index in [0.29, 0.717) is 25.7 Å². The Balaban J connectivity index is -0.0000000702. The molecular formula is C16H28O8Pb. The van der Waals surface area contributed by atoms with E-state index in [1.54, 1.807) is 27.7 Å². The second kappa shape index (κ2) is 30.7. The third-order valence-electron chi connectivity index (χ3n) is 1.82. The molecule has 8 nitrogen and oxygen atoms in total. The molecule has 144 valence electrons. The summed E-state index contributed by atoms with van der Waals surface area (Å²) < 4.78 is 0. The van der Waals surface area contributed by atoms with Crippen molar-refractivity contribution < 1.29 is 39.6 Å². The van der Waals surface area contributed by atoms with Crippen molar-refractivity contribution >= 4 is 51.2 Å². The van der Waals surface area contributed by atoms with Crippen LogP contribution in [-0.2, 0) is 19.2 Å². The number of carbonyl (C=O) groups is 4. The quantitative estimate of drug-likeness (QED) is 0.304. The van der Waals surface area contributed by atoms with Crippen LogP contribution in [0.5, 0.6) is 0 Å². The molecule has 0 bridgehead atoms. The maximum absolute atomic E-state index is 9.49. The first-order chi connectivity index (χ1) is 11.1. The molecule has 0 unspecified atom stereocenters. The van der Waals surface area contributed by atoms with Gasteiger partial charge in [-0.2, -0.15) is 0 Å². The minimum absolute atomic E-state index is 0. The minimum Gasteiger partial charge on any atom is -0.550 e. The van der Waals surface area contributed by atoms with Crippen LogP contribution >= 0.6 is 0 Å². The van der Waals surface area contributed by atoms with Gasteiger partial charge in [0.25, 0.3) is 0 Å². The zero-order chi connectivity index (χ0) is 20.0.